The third-order valence-electron chi connectivity index (χ3n) is 4.76. The second-order valence-corrected chi connectivity index (χ2v) is 6.80. The highest BCUT2D eigenvalue weighted by atomic mass is 19.1. The Bertz CT molecular complexity index is 967. The largest absolute Gasteiger partial charge is 0.450 e. The van der Waals surface area contributed by atoms with Gasteiger partial charge in [-0.25, -0.2) is 13.9 Å². The topological polar surface area (TPSA) is 93.5 Å². The number of carbonyl (C=O) groups excluding carboxylic acids is 2. The van der Waals surface area contributed by atoms with Crippen LogP contribution < -0.4 is 10.7 Å². The van der Waals surface area contributed by atoms with Crippen LogP contribution in [0.2, 0.25) is 0 Å². The molecule has 0 spiro atoms. The lowest BCUT2D eigenvalue weighted by Gasteiger charge is -2.31. The molecule has 1 aromatic carbocycles. The van der Waals surface area contributed by atoms with E-state index in [-0.39, 0.29) is 23.5 Å². The maximum atomic E-state index is 14.1. The van der Waals surface area contributed by atoms with E-state index in [4.69, 9.17) is 4.74 Å². The number of rotatable bonds is 4. The Morgan fingerprint density at radius 1 is 1.28 bits per heavy atom. The lowest BCUT2D eigenvalue weighted by Crippen LogP contribution is -2.47. The van der Waals surface area contributed by atoms with Crippen LogP contribution >= 0.6 is 0 Å². The van der Waals surface area contributed by atoms with E-state index >= 15 is 0 Å². The lowest BCUT2D eigenvalue weighted by molar-refractivity contribution is 0.0854. The van der Waals surface area contributed by atoms with Crippen LogP contribution in [-0.4, -0.2) is 52.4 Å². The van der Waals surface area contributed by atoms with Crippen molar-refractivity contribution in [3.05, 3.63) is 57.8 Å². The molecule has 1 fully saturated rings. The number of para-hydroxylation sites is 1. The van der Waals surface area contributed by atoms with Gasteiger partial charge in [-0.2, -0.15) is 5.10 Å². The highest BCUT2D eigenvalue weighted by Crippen LogP contribution is 2.14. The van der Waals surface area contributed by atoms with E-state index in [1.165, 1.54) is 22.9 Å². The Morgan fingerprint density at radius 3 is 2.62 bits per heavy atom. The standard InChI is InChI=1S/C20H23FN4O4/c1-3-29-20(28)24-10-8-14(9-11-24)22-19(27)18-17(26)12-13(2)25(23-18)16-7-5-4-6-15(16)21/h4-7,12,14H,3,8-11H2,1-2H3,(H,22,27). The first-order valence-electron chi connectivity index (χ1n) is 9.49. The number of hydrogen-bond acceptors (Lipinski definition) is 5. The van der Waals surface area contributed by atoms with E-state index in [1.54, 1.807) is 30.9 Å². The average Bonchev–Trinajstić information content (AvgIpc) is 2.69. The molecule has 1 N–H and O–H groups in total. The maximum absolute atomic E-state index is 14.1. The Hall–Kier alpha value is -3.23. The van der Waals surface area contributed by atoms with Gasteiger partial charge in [-0.05, 0) is 38.8 Å². The molecule has 0 aliphatic carbocycles. The number of benzene rings is 1. The fourth-order valence-electron chi connectivity index (χ4n) is 3.25. The van der Waals surface area contributed by atoms with Gasteiger partial charge in [0.2, 0.25) is 5.43 Å². The Morgan fingerprint density at radius 2 is 1.97 bits per heavy atom. The van der Waals surface area contributed by atoms with Crippen molar-refractivity contribution in [2.24, 2.45) is 0 Å². The van der Waals surface area contributed by atoms with Crippen LogP contribution in [0.25, 0.3) is 5.69 Å². The molecule has 9 heteroatoms. The van der Waals surface area contributed by atoms with Gasteiger partial charge in [0, 0.05) is 30.9 Å². The minimum atomic E-state index is -0.616. The summed E-state index contributed by atoms with van der Waals surface area (Å²) in [5.41, 5.74) is -0.260. The summed E-state index contributed by atoms with van der Waals surface area (Å²) in [5.74, 6) is -1.13. The number of amides is 2. The molecule has 154 valence electrons. The number of halogens is 1. The lowest BCUT2D eigenvalue weighted by atomic mass is 10.1. The molecule has 8 nitrogen and oxygen atoms in total. The zero-order chi connectivity index (χ0) is 21.0. The summed E-state index contributed by atoms with van der Waals surface area (Å²) in [6.45, 7) is 4.57. The fourth-order valence-corrected chi connectivity index (χ4v) is 3.25. The molecule has 1 aliphatic rings. The summed E-state index contributed by atoms with van der Waals surface area (Å²) in [5, 5.41) is 6.90. The van der Waals surface area contributed by atoms with Gasteiger partial charge in [-0.1, -0.05) is 12.1 Å². The van der Waals surface area contributed by atoms with Crippen LogP contribution in [0, 0.1) is 12.7 Å². The number of piperidine rings is 1. The number of carbonyl (C=O) groups is 2. The molecular formula is C20H23FN4O4. The second kappa shape index (κ2) is 8.85. The molecule has 2 aromatic rings. The Balaban J connectivity index is 1.74. The number of nitrogens with one attached hydrogen (secondary N) is 1. The zero-order valence-electron chi connectivity index (χ0n) is 16.4. The van der Waals surface area contributed by atoms with Gasteiger partial charge in [0.15, 0.2) is 5.69 Å². The maximum Gasteiger partial charge on any atom is 0.409 e. The predicted molar refractivity (Wildman–Crippen MR) is 104 cm³/mol. The first-order valence-corrected chi connectivity index (χ1v) is 9.49. The SMILES string of the molecule is CCOC(=O)N1CCC(NC(=O)c2nn(-c3ccccc3F)c(C)cc2=O)CC1. The molecule has 1 aromatic heterocycles. The highest BCUT2D eigenvalue weighted by molar-refractivity contribution is 5.92. The summed E-state index contributed by atoms with van der Waals surface area (Å²) in [4.78, 5) is 38.3. The zero-order valence-corrected chi connectivity index (χ0v) is 16.4. The van der Waals surface area contributed by atoms with Gasteiger partial charge in [-0.15, -0.1) is 0 Å². The minimum Gasteiger partial charge on any atom is -0.450 e. The third kappa shape index (κ3) is 4.61. The Labute approximate surface area is 167 Å². The second-order valence-electron chi connectivity index (χ2n) is 6.80. The molecule has 0 atom stereocenters. The summed E-state index contributed by atoms with van der Waals surface area (Å²) in [6.07, 6.45) is 0.709. The van der Waals surface area contributed by atoms with Crippen molar-refractivity contribution in [3.63, 3.8) is 0 Å². The normalized spacial score (nSPS) is 14.5. The van der Waals surface area contributed by atoms with Crippen LogP contribution in [0.3, 0.4) is 0 Å². The quantitative estimate of drug-likeness (QED) is 0.845. The highest BCUT2D eigenvalue weighted by Gasteiger charge is 2.26. The van der Waals surface area contributed by atoms with E-state index in [0.29, 0.717) is 38.2 Å². The molecule has 0 radical (unpaired) electrons. The fraction of sp³-hybridized carbons (Fsp3) is 0.400. The number of aromatic nitrogens is 2. The van der Waals surface area contributed by atoms with Crippen molar-refractivity contribution in [1.82, 2.24) is 20.0 Å². The van der Waals surface area contributed by atoms with E-state index in [2.05, 4.69) is 10.4 Å². The van der Waals surface area contributed by atoms with Gasteiger partial charge >= 0.3 is 6.09 Å². The van der Waals surface area contributed by atoms with Gasteiger partial charge in [0.25, 0.3) is 5.91 Å². The van der Waals surface area contributed by atoms with Crippen molar-refractivity contribution in [3.8, 4) is 5.69 Å². The summed E-state index contributed by atoms with van der Waals surface area (Å²) < 4.78 is 20.4. The number of nitrogens with zero attached hydrogens (tertiary/aromatic N) is 3. The molecule has 2 amide bonds. The van der Waals surface area contributed by atoms with Crippen molar-refractivity contribution >= 4 is 12.0 Å². The van der Waals surface area contributed by atoms with Gasteiger partial charge in [0.1, 0.15) is 11.5 Å². The number of ether oxygens (including phenoxy) is 1. The molecule has 1 aliphatic heterocycles. The van der Waals surface area contributed by atoms with E-state index in [1.807, 2.05) is 0 Å². The number of hydrogen-bond donors (Lipinski definition) is 1. The first kappa shape index (κ1) is 20.5. The van der Waals surface area contributed by atoms with E-state index in [0.717, 1.165) is 0 Å². The average molecular weight is 402 g/mol. The minimum absolute atomic E-state index is 0.154. The molecule has 1 saturated heterocycles. The van der Waals surface area contributed by atoms with Gasteiger partial charge < -0.3 is 15.0 Å². The predicted octanol–water partition coefficient (Wildman–Crippen LogP) is 2.03. The van der Waals surface area contributed by atoms with Crippen molar-refractivity contribution < 1.29 is 18.7 Å². The molecule has 29 heavy (non-hydrogen) atoms. The smallest absolute Gasteiger partial charge is 0.409 e. The van der Waals surface area contributed by atoms with Crippen molar-refractivity contribution in [2.45, 2.75) is 32.7 Å². The van der Waals surface area contributed by atoms with Gasteiger partial charge in [0.05, 0.1) is 6.61 Å². The van der Waals surface area contributed by atoms with Crippen molar-refractivity contribution in [2.75, 3.05) is 19.7 Å². The van der Waals surface area contributed by atoms with Crippen LogP contribution in [-0.2, 0) is 4.74 Å². The first-order chi connectivity index (χ1) is 13.9. The van der Waals surface area contributed by atoms with Crippen LogP contribution in [0.1, 0.15) is 35.9 Å². The molecule has 2 heterocycles. The number of aryl methyl sites for hydroxylation is 1. The molecule has 3 rings (SSSR count). The monoisotopic (exact) mass is 402 g/mol. The summed E-state index contributed by atoms with van der Waals surface area (Å²) in [7, 11) is 0. The van der Waals surface area contributed by atoms with Crippen LogP contribution in [0.15, 0.2) is 35.1 Å². The van der Waals surface area contributed by atoms with Gasteiger partial charge in [-0.3, -0.25) is 9.59 Å². The summed E-state index contributed by atoms with van der Waals surface area (Å²) >= 11 is 0. The Kier molecular flexibility index (Phi) is 6.26. The number of likely N-dealkylation sites (tertiary alicyclic amines) is 1. The van der Waals surface area contributed by atoms with Crippen LogP contribution in [0.4, 0.5) is 9.18 Å². The molecule has 0 saturated carbocycles. The molecular weight excluding hydrogens is 379 g/mol. The van der Waals surface area contributed by atoms with E-state index < -0.39 is 17.2 Å². The molecule has 0 unspecified atom stereocenters. The summed E-state index contributed by atoms with van der Waals surface area (Å²) in [6, 6.07) is 7.06. The van der Waals surface area contributed by atoms with E-state index in [9.17, 15) is 18.8 Å². The molecule has 0 bridgehead atoms. The van der Waals surface area contributed by atoms with Crippen molar-refractivity contribution in [1.29, 1.82) is 0 Å². The third-order valence-corrected chi connectivity index (χ3v) is 4.76. The van der Waals surface area contributed by atoms with Crippen LogP contribution in [0.5, 0.6) is 0 Å².